The molecule has 0 bridgehead atoms. The summed E-state index contributed by atoms with van der Waals surface area (Å²) >= 11 is 5.85. The Morgan fingerprint density at radius 3 is 2.74 bits per heavy atom. The van der Waals surface area contributed by atoms with Gasteiger partial charge in [-0.05, 0) is 24.3 Å². The van der Waals surface area contributed by atoms with Gasteiger partial charge in [-0.1, -0.05) is 11.6 Å². The maximum Gasteiger partial charge on any atom is 0.193 e. The average molecular weight is 336 g/mol. The van der Waals surface area contributed by atoms with E-state index in [4.69, 9.17) is 16.3 Å². The Bertz CT molecular complexity index is 638. The van der Waals surface area contributed by atoms with E-state index in [2.05, 4.69) is 15.4 Å². The van der Waals surface area contributed by atoms with Gasteiger partial charge in [0.1, 0.15) is 12.4 Å². The van der Waals surface area contributed by atoms with Crippen LogP contribution in [-0.4, -0.2) is 47.9 Å². The van der Waals surface area contributed by atoms with E-state index in [-0.39, 0.29) is 0 Å². The van der Waals surface area contributed by atoms with Gasteiger partial charge in [0.05, 0.1) is 12.7 Å². The van der Waals surface area contributed by atoms with Gasteiger partial charge in [-0.2, -0.15) is 5.10 Å². The van der Waals surface area contributed by atoms with E-state index in [0.717, 1.165) is 23.8 Å². The average Bonchev–Trinajstić information content (AvgIpc) is 2.95. The predicted octanol–water partition coefficient (Wildman–Crippen LogP) is 2.16. The van der Waals surface area contributed by atoms with E-state index >= 15 is 0 Å². The minimum atomic E-state index is 0.561. The van der Waals surface area contributed by atoms with Crippen molar-refractivity contribution in [2.75, 3.05) is 27.2 Å². The highest BCUT2D eigenvalue weighted by Crippen LogP contribution is 2.15. The molecule has 0 amide bonds. The molecule has 0 aliphatic carbocycles. The number of aromatic nitrogens is 2. The second-order valence-electron chi connectivity index (χ2n) is 5.15. The van der Waals surface area contributed by atoms with Crippen LogP contribution in [0.25, 0.3) is 0 Å². The van der Waals surface area contributed by atoms with Crippen LogP contribution in [0.4, 0.5) is 0 Å². The molecule has 0 aliphatic heterocycles. The van der Waals surface area contributed by atoms with Crippen LogP contribution in [0.15, 0.2) is 41.7 Å². The lowest BCUT2D eigenvalue weighted by atomic mass is 10.3. The summed E-state index contributed by atoms with van der Waals surface area (Å²) in [6.45, 7) is 1.96. The number of ether oxygens (including phenoxy) is 1. The molecule has 1 aromatic carbocycles. The lowest BCUT2D eigenvalue weighted by Crippen LogP contribution is -2.40. The first-order chi connectivity index (χ1) is 11.1. The van der Waals surface area contributed by atoms with Crippen LogP contribution in [0.1, 0.15) is 5.56 Å². The van der Waals surface area contributed by atoms with Gasteiger partial charge in [0, 0.05) is 44.5 Å². The molecule has 0 saturated carbocycles. The van der Waals surface area contributed by atoms with Gasteiger partial charge in [0.15, 0.2) is 5.96 Å². The van der Waals surface area contributed by atoms with E-state index < -0.39 is 0 Å². The van der Waals surface area contributed by atoms with Gasteiger partial charge >= 0.3 is 0 Å². The number of benzene rings is 1. The van der Waals surface area contributed by atoms with E-state index in [1.54, 1.807) is 11.7 Å². The topological polar surface area (TPSA) is 54.7 Å². The number of hydrogen-bond acceptors (Lipinski definition) is 3. The van der Waals surface area contributed by atoms with Crippen molar-refractivity contribution in [3.05, 3.63) is 47.2 Å². The van der Waals surface area contributed by atoms with Crippen molar-refractivity contribution in [2.24, 2.45) is 12.0 Å². The largest absolute Gasteiger partial charge is 0.492 e. The molecule has 124 valence electrons. The summed E-state index contributed by atoms with van der Waals surface area (Å²) < 4.78 is 7.48. The molecule has 2 aromatic rings. The molecule has 6 nitrogen and oxygen atoms in total. The Labute approximate surface area is 141 Å². The lowest BCUT2D eigenvalue weighted by molar-refractivity contribution is 0.281. The smallest absolute Gasteiger partial charge is 0.193 e. The number of aryl methyl sites for hydroxylation is 1. The minimum absolute atomic E-state index is 0.561. The van der Waals surface area contributed by atoms with E-state index in [9.17, 15) is 0 Å². The zero-order chi connectivity index (χ0) is 16.7. The van der Waals surface area contributed by atoms with E-state index in [1.165, 1.54) is 0 Å². The molecule has 1 N–H and O–H groups in total. The zero-order valence-electron chi connectivity index (χ0n) is 13.7. The van der Waals surface area contributed by atoms with Gasteiger partial charge in [0.25, 0.3) is 0 Å². The number of hydrogen-bond donors (Lipinski definition) is 1. The summed E-state index contributed by atoms with van der Waals surface area (Å²) in [5.74, 6) is 1.62. The monoisotopic (exact) mass is 335 g/mol. The molecule has 0 atom stereocenters. The quantitative estimate of drug-likeness (QED) is 0.649. The Kier molecular flexibility index (Phi) is 6.29. The molecule has 0 saturated heterocycles. The van der Waals surface area contributed by atoms with Gasteiger partial charge in [-0.3, -0.25) is 9.67 Å². The maximum absolute atomic E-state index is 5.85. The third-order valence-corrected chi connectivity index (χ3v) is 3.54. The zero-order valence-corrected chi connectivity index (χ0v) is 14.4. The van der Waals surface area contributed by atoms with Crippen molar-refractivity contribution in [3.63, 3.8) is 0 Å². The van der Waals surface area contributed by atoms with Crippen LogP contribution in [-0.2, 0) is 13.6 Å². The molecular weight excluding hydrogens is 314 g/mol. The number of guanidine groups is 1. The normalized spacial score (nSPS) is 11.4. The summed E-state index contributed by atoms with van der Waals surface area (Å²) in [7, 11) is 5.64. The molecular formula is C16H22ClN5O. The molecule has 7 heteroatoms. The van der Waals surface area contributed by atoms with E-state index in [1.807, 2.05) is 55.7 Å². The third kappa shape index (κ3) is 5.49. The highest BCUT2D eigenvalue weighted by Gasteiger charge is 2.06. The second-order valence-corrected chi connectivity index (χ2v) is 5.58. The fraction of sp³-hybridized carbons (Fsp3) is 0.375. The standard InChI is InChI=1S/C16H22ClN5O/c1-18-16(19-10-13-11-20-22(3)12-13)21(2)8-9-23-15-6-4-14(17)5-7-15/h4-7,11-12H,8-10H2,1-3H3,(H,18,19). The fourth-order valence-electron chi connectivity index (χ4n) is 2.07. The lowest BCUT2D eigenvalue weighted by Gasteiger charge is -2.22. The molecule has 2 rings (SSSR count). The molecule has 0 spiro atoms. The first-order valence-electron chi connectivity index (χ1n) is 7.36. The molecule has 1 aromatic heterocycles. The molecule has 23 heavy (non-hydrogen) atoms. The Morgan fingerprint density at radius 2 is 2.13 bits per heavy atom. The minimum Gasteiger partial charge on any atom is -0.492 e. The Balaban J connectivity index is 1.76. The van der Waals surface area contributed by atoms with Gasteiger partial charge < -0.3 is 15.0 Å². The number of rotatable bonds is 6. The molecule has 0 fully saturated rings. The van der Waals surface area contributed by atoms with Gasteiger partial charge in [-0.25, -0.2) is 0 Å². The second kappa shape index (κ2) is 8.43. The van der Waals surface area contributed by atoms with Crippen LogP contribution >= 0.6 is 11.6 Å². The van der Waals surface area contributed by atoms with E-state index in [0.29, 0.717) is 18.2 Å². The molecule has 0 aliphatic rings. The summed E-state index contributed by atoms with van der Waals surface area (Å²) in [4.78, 5) is 6.30. The third-order valence-electron chi connectivity index (χ3n) is 3.29. The van der Waals surface area contributed by atoms with Crippen LogP contribution in [0.5, 0.6) is 5.75 Å². The van der Waals surface area contributed by atoms with Crippen LogP contribution in [0, 0.1) is 0 Å². The van der Waals surface area contributed by atoms with Crippen LogP contribution < -0.4 is 10.1 Å². The molecule has 0 radical (unpaired) electrons. The Morgan fingerprint density at radius 1 is 1.39 bits per heavy atom. The molecule has 0 unspecified atom stereocenters. The van der Waals surface area contributed by atoms with Crippen molar-refractivity contribution in [1.82, 2.24) is 20.0 Å². The van der Waals surface area contributed by atoms with Crippen molar-refractivity contribution in [2.45, 2.75) is 6.54 Å². The summed E-state index contributed by atoms with van der Waals surface area (Å²) in [6.07, 6.45) is 3.81. The number of nitrogens with zero attached hydrogens (tertiary/aromatic N) is 4. The van der Waals surface area contributed by atoms with Crippen LogP contribution in [0.2, 0.25) is 5.02 Å². The first kappa shape index (κ1) is 17.1. The highest BCUT2D eigenvalue weighted by molar-refractivity contribution is 6.30. The van der Waals surface area contributed by atoms with Crippen molar-refractivity contribution < 1.29 is 4.74 Å². The summed E-state index contributed by atoms with van der Waals surface area (Å²) in [5, 5.41) is 8.16. The summed E-state index contributed by atoms with van der Waals surface area (Å²) in [5.41, 5.74) is 1.11. The molecule has 1 heterocycles. The number of aliphatic imine (C=N–C) groups is 1. The SMILES string of the molecule is CN=C(NCc1cnn(C)c1)N(C)CCOc1ccc(Cl)cc1. The van der Waals surface area contributed by atoms with Crippen molar-refractivity contribution in [3.8, 4) is 5.75 Å². The summed E-state index contributed by atoms with van der Waals surface area (Å²) in [6, 6.07) is 7.35. The van der Waals surface area contributed by atoms with Crippen molar-refractivity contribution >= 4 is 17.6 Å². The maximum atomic E-state index is 5.85. The van der Waals surface area contributed by atoms with Crippen molar-refractivity contribution in [1.29, 1.82) is 0 Å². The van der Waals surface area contributed by atoms with Crippen LogP contribution in [0.3, 0.4) is 0 Å². The number of halogens is 1. The number of likely N-dealkylation sites (N-methyl/N-ethyl adjacent to an activating group) is 1. The Hall–Kier alpha value is -2.21. The number of nitrogens with one attached hydrogen (secondary N) is 1. The first-order valence-corrected chi connectivity index (χ1v) is 7.74. The van der Waals surface area contributed by atoms with Gasteiger partial charge in [0.2, 0.25) is 0 Å². The van der Waals surface area contributed by atoms with Gasteiger partial charge in [-0.15, -0.1) is 0 Å². The fourth-order valence-corrected chi connectivity index (χ4v) is 2.19. The highest BCUT2D eigenvalue weighted by atomic mass is 35.5. The predicted molar refractivity (Wildman–Crippen MR) is 93.0 cm³/mol.